The van der Waals surface area contributed by atoms with Crippen molar-refractivity contribution >= 4 is 43.6 Å². The number of rotatable bonds is 2. The monoisotopic (exact) mass is 599 g/mol. The van der Waals surface area contributed by atoms with Crippen LogP contribution in [-0.2, 0) is 5.41 Å². The van der Waals surface area contributed by atoms with Crippen molar-refractivity contribution in [2.45, 2.75) is 19.3 Å². The van der Waals surface area contributed by atoms with Crippen LogP contribution in [-0.4, -0.2) is 9.13 Å². The first-order chi connectivity index (χ1) is 22.9. The van der Waals surface area contributed by atoms with Crippen LogP contribution in [0.25, 0.3) is 66.1 Å². The number of nitrogens with zero attached hydrogens (tertiary/aromatic N) is 5. The van der Waals surface area contributed by atoms with Gasteiger partial charge in [0.15, 0.2) is 0 Å². The van der Waals surface area contributed by atoms with Crippen LogP contribution in [0.4, 0.5) is 0 Å². The summed E-state index contributed by atoms with van der Waals surface area (Å²) < 4.78 is 4.55. The number of aromatic nitrogens is 2. The Morgan fingerprint density at radius 1 is 0.447 bits per heavy atom. The molecule has 5 heteroatoms. The lowest BCUT2D eigenvalue weighted by atomic mass is 9.82. The van der Waals surface area contributed by atoms with E-state index < -0.39 is 0 Å². The minimum atomic E-state index is -0.191. The molecule has 47 heavy (non-hydrogen) atoms. The topological polar surface area (TPSA) is 81.2 Å². The van der Waals surface area contributed by atoms with Crippen molar-refractivity contribution in [2.24, 2.45) is 0 Å². The summed E-state index contributed by atoms with van der Waals surface area (Å²) in [6.07, 6.45) is 0. The first-order valence-corrected chi connectivity index (χ1v) is 15.5. The normalized spacial score (nSPS) is 13.0. The lowest BCUT2D eigenvalue weighted by Gasteiger charge is -2.21. The Hall–Kier alpha value is -6.61. The molecule has 0 spiro atoms. The van der Waals surface area contributed by atoms with Crippen molar-refractivity contribution in [3.05, 3.63) is 143 Å². The minimum absolute atomic E-state index is 0.191. The van der Waals surface area contributed by atoms with Crippen LogP contribution in [0.15, 0.2) is 115 Å². The zero-order chi connectivity index (χ0) is 32.0. The van der Waals surface area contributed by atoms with Gasteiger partial charge in [0.25, 0.3) is 0 Å². The summed E-state index contributed by atoms with van der Waals surface area (Å²) in [5.41, 5.74) is 12.6. The van der Waals surface area contributed by atoms with E-state index in [0.29, 0.717) is 16.7 Å². The number of fused-ring (bicyclic) bond motifs is 9. The van der Waals surface area contributed by atoms with Gasteiger partial charge < -0.3 is 9.13 Å². The average Bonchev–Trinajstić information content (AvgIpc) is 3.69. The van der Waals surface area contributed by atoms with E-state index in [1.165, 1.54) is 27.5 Å². The number of para-hydroxylation sites is 1. The van der Waals surface area contributed by atoms with E-state index >= 15 is 0 Å². The van der Waals surface area contributed by atoms with Crippen molar-refractivity contribution in [1.29, 1.82) is 15.8 Å². The number of hydrogen-bond donors (Lipinski definition) is 0. The predicted octanol–water partition coefficient (Wildman–Crippen LogP) is 9.80. The fourth-order valence-electron chi connectivity index (χ4n) is 7.77. The molecule has 2 heterocycles. The largest absolute Gasteiger partial charge is 0.309 e. The summed E-state index contributed by atoms with van der Waals surface area (Å²) in [6, 6.07) is 46.1. The van der Waals surface area contributed by atoms with Gasteiger partial charge in [0.2, 0.25) is 0 Å². The maximum atomic E-state index is 9.71. The number of benzene rings is 6. The summed E-state index contributed by atoms with van der Waals surface area (Å²) >= 11 is 0. The van der Waals surface area contributed by atoms with E-state index in [2.05, 4.69) is 108 Å². The Bertz CT molecular complexity index is 2730. The Morgan fingerprint density at radius 2 is 0.979 bits per heavy atom. The van der Waals surface area contributed by atoms with E-state index in [-0.39, 0.29) is 5.41 Å². The second-order valence-electron chi connectivity index (χ2n) is 12.8. The molecule has 5 nitrogen and oxygen atoms in total. The predicted molar refractivity (Wildman–Crippen MR) is 187 cm³/mol. The highest BCUT2D eigenvalue weighted by molar-refractivity contribution is 6.12. The standard InChI is InChI=1S/C42H25N5/c1-42(2)36-13-10-25(22-43)16-31(36)32-21-41-35(20-37(32)42)30-8-3-4-9-38(30)47(41)29-7-5-6-28(19-29)46-39-14-11-26(23-44)17-33(39)34-18-27(24-45)12-15-40(34)46/h3-21H,1-2H3. The molecule has 2 aromatic heterocycles. The van der Waals surface area contributed by atoms with E-state index in [9.17, 15) is 15.8 Å². The van der Waals surface area contributed by atoms with Crippen molar-refractivity contribution in [3.63, 3.8) is 0 Å². The van der Waals surface area contributed by atoms with Crippen LogP contribution < -0.4 is 0 Å². The molecule has 0 saturated heterocycles. The van der Waals surface area contributed by atoms with E-state index in [1.807, 2.05) is 48.5 Å². The highest BCUT2D eigenvalue weighted by Gasteiger charge is 2.36. The van der Waals surface area contributed by atoms with Crippen LogP contribution >= 0.6 is 0 Å². The lowest BCUT2D eigenvalue weighted by molar-refractivity contribution is 0.661. The smallest absolute Gasteiger partial charge is 0.0991 e. The first kappa shape index (κ1) is 26.8. The number of nitriles is 3. The maximum absolute atomic E-state index is 9.71. The van der Waals surface area contributed by atoms with Crippen molar-refractivity contribution in [2.75, 3.05) is 0 Å². The van der Waals surface area contributed by atoms with Gasteiger partial charge in [-0.15, -0.1) is 0 Å². The summed E-state index contributed by atoms with van der Waals surface area (Å²) in [4.78, 5) is 0. The highest BCUT2D eigenvalue weighted by atomic mass is 15.0. The Morgan fingerprint density at radius 3 is 1.64 bits per heavy atom. The van der Waals surface area contributed by atoms with E-state index in [0.717, 1.165) is 49.8 Å². The van der Waals surface area contributed by atoms with Gasteiger partial charge in [0.1, 0.15) is 0 Å². The first-order valence-electron chi connectivity index (χ1n) is 15.5. The van der Waals surface area contributed by atoms with Gasteiger partial charge in [-0.05, 0) is 107 Å². The molecular weight excluding hydrogens is 574 g/mol. The van der Waals surface area contributed by atoms with Gasteiger partial charge in [-0.3, -0.25) is 0 Å². The zero-order valence-electron chi connectivity index (χ0n) is 25.7. The zero-order valence-corrected chi connectivity index (χ0v) is 25.7. The van der Waals surface area contributed by atoms with Gasteiger partial charge in [-0.2, -0.15) is 15.8 Å². The fraction of sp³-hybridized carbons (Fsp3) is 0.0714. The Balaban J connectivity index is 1.33. The van der Waals surface area contributed by atoms with Crippen molar-refractivity contribution in [3.8, 4) is 40.7 Å². The van der Waals surface area contributed by atoms with Crippen molar-refractivity contribution in [1.82, 2.24) is 9.13 Å². The summed E-state index contributed by atoms with van der Waals surface area (Å²) in [5.74, 6) is 0. The van der Waals surface area contributed by atoms with Gasteiger partial charge >= 0.3 is 0 Å². The molecule has 1 aliphatic rings. The van der Waals surface area contributed by atoms with Crippen LogP contribution in [0.2, 0.25) is 0 Å². The second-order valence-corrected chi connectivity index (χ2v) is 12.8. The van der Waals surface area contributed by atoms with Gasteiger partial charge in [0.05, 0.1) is 57.0 Å². The Kier molecular flexibility index (Phi) is 5.38. The second kappa shape index (κ2) is 9.45. The molecule has 9 rings (SSSR count). The van der Waals surface area contributed by atoms with Crippen LogP contribution in [0.5, 0.6) is 0 Å². The molecule has 0 radical (unpaired) electrons. The lowest BCUT2D eigenvalue weighted by Crippen LogP contribution is -2.14. The van der Waals surface area contributed by atoms with Gasteiger partial charge in [-0.25, -0.2) is 0 Å². The molecule has 0 aliphatic heterocycles. The molecule has 0 fully saturated rings. The molecule has 0 bridgehead atoms. The molecular formula is C42H25N5. The summed E-state index contributed by atoms with van der Waals surface area (Å²) in [6.45, 7) is 4.53. The summed E-state index contributed by atoms with van der Waals surface area (Å²) in [5, 5.41) is 33.3. The molecule has 0 amide bonds. The molecule has 0 N–H and O–H groups in total. The average molecular weight is 600 g/mol. The molecule has 0 atom stereocenters. The van der Waals surface area contributed by atoms with Crippen molar-refractivity contribution < 1.29 is 0 Å². The highest BCUT2D eigenvalue weighted by Crippen LogP contribution is 2.51. The molecule has 6 aromatic carbocycles. The van der Waals surface area contributed by atoms with Crippen LogP contribution in [0.1, 0.15) is 41.7 Å². The van der Waals surface area contributed by atoms with Crippen LogP contribution in [0, 0.1) is 34.0 Å². The third-order valence-corrected chi connectivity index (χ3v) is 9.97. The maximum Gasteiger partial charge on any atom is 0.0991 e. The quantitative estimate of drug-likeness (QED) is 0.198. The minimum Gasteiger partial charge on any atom is -0.309 e. The SMILES string of the molecule is CC1(C)c2ccc(C#N)cc2-c2cc3c(cc21)c1ccccc1n3-c1cccc(-n2c3ccc(C#N)cc3c3cc(C#N)ccc32)c1. The molecule has 8 aromatic rings. The van der Waals surface area contributed by atoms with Gasteiger partial charge in [0, 0.05) is 38.3 Å². The van der Waals surface area contributed by atoms with Gasteiger partial charge in [-0.1, -0.05) is 44.2 Å². The Labute approximate surface area is 271 Å². The number of hydrogen-bond acceptors (Lipinski definition) is 3. The van der Waals surface area contributed by atoms with E-state index in [4.69, 9.17) is 0 Å². The molecule has 0 saturated carbocycles. The van der Waals surface area contributed by atoms with Crippen LogP contribution in [0.3, 0.4) is 0 Å². The third kappa shape index (κ3) is 3.62. The van der Waals surface area contributed by atoms with E-state index in [1.54, 1.807) is 0 Å². The third-order valence-electron chi connectivity index (χ3n) is 9.97. The molecule has 218 valence electrons. The fourth-order valence-corrected chi connectivity index (χ4v) is 7.77. The molecule has 0 unspecified atom stereocenters. The summed E-state index contributed by atoms with van der Waals surface area (Å²) in [7, 11) is 0. The molecule has 1 aliphatic carbocycles.